The molecule has 4 rings (SSSR count). The van der Waals surface area contributed by atoms with Crippen molar-refractivity contribution in [2.24, 2.45) is 14.1 Å². The topological polar surface area (TPSA) is 77.3 Å². The van der Waals surface area contributed by atoms with Gasteiger partial charge in [-0.2, -0.15) is 0 Å². The number of fused-ring (bicyclic) bond motifs is 1. The molecule has 2 N–H and O–H groups in total. The van der Waals surface area contributed by atoms with E-state index in [9.17, 15) is 9.59 Å². The lowest BCUT2D eigenvalue weighted by molar-refractivity contribution is 0.251. The van der Waals surface area contributed by atoms with E-state index in [-0.39, 0.29) is 11.7 Å². The molecule has 0 aliphatic heterocycles. The summed E-state index contributed by atoms with van der Waals surface area (Å²) in [7, 11) is 3.40. The van der Waals surface area contributed by atoms with Gasteiger partial charge in [0.15, 0.2) is 5.75 Å². The van der Waals surface area contributed by atoms with E-state index in [0.717, 1.165) is 11.1 Å². The zero-order valence-corrected chi connectivity index (χ0v) is 17.7. The first-order valence-corrected chi connectivity index (χ1v) is 9.95. The fourth-order valence-corrected chi connectivity index (χ4v) is 3.38. The molecule has 31 heavy (non-hydrogen) atoms. The number of hydrogen-bond acceptors (Lipinski definition) is 3. The number of rotatable bonds is 5. The van der Waals surface area contributed by atoms with Gasteiger partial charge in [0.25, 0.3) is 0 Å². The largest absolute Gasteiger partial charge is 0.455 e. The van der Waals surface area contributed by atoms with Gasteiger partial charge in [-0.3, -0.25) is 9.13 Å². The second kappa shape index (κ2) is 8.39. The minimum atomic E-state index is -0.362. The minimum absolute atomic E-state index is 0.151. The van der Waals surface area contributed by atoms with Crippen LogP contribution < -0.4 is 21.1 Å². The average molecular weight is 416 g/mol. The molecule has 0 atom stereocenters. The summed E-state index contributed by atoms with van der Waals surface area (Å²) in [6.45, 7) is 2.41. The highest BCUT2D eigenvalue weighted by Crippen LogP contribution is 2.33. The molecule has 1 heterocycles. The Kier molecular flexibility index (Phi) is 5.49. The number of nitrogens with zero attached hydrogens (tertiary/aromatic N) is 2. The Bertz CT molecular complexity index is 1290. The van der Waals surface area contributed by atoms with Crippen LogP contribution in [0.5, 0.6) is 11.5 Å². The highest BCUT2D eigenvalue weighted by molar-refractivity contribution is 5.94. The predicted molar refractivity (Wildman–Crippen MR) is 122 cm³/mol. The quantitative estimate of drug-likeness (QED) is 0.509. The summed E-state index contributed by atoms with van der Waals surface area (Å²) in [5.74, 6) is 1.08. The third-order valence-corrected chi connectivity index (χ3v) is 5.17. The zero-order chi connectivity index (χ0) is 22.0. The molecule has 0 saturated heterocycles. The highest BCUT2D eigenvalue weighted by Gasteiger charge is 2.16. The molecule has 1 aromatic heterocycles. The maximum atomic E-state index is 12.6. The zero-order valence-electron chi connectivity index (χ0n) is 17.7. The molecular formula is C24H24N4O3. The summed E-state index contributed by atoms with van der Waals surface area (Å²) in [6.07, 6.45) is 0. The van der Waals surface area contributed by atoms with E-state index < -0.39 is 0 Å². The molecule has 2 amide bonds. The molecule has 0 aliphatic rings. The molecule has 0 bridgehead atoms. The Morgan fingerprint density at radius 3 is 2.26 bits per heavy atom. The van der Waals surface area contributed by atoms with E-state index in [4.69, 9.17) is 4.74 Å². The molecule has 158 valence electrons. The van der Waals surface area contributed by atoms with Crippen molar-refractivity contribution < 1.29 is 9.53 Å². The van der Waals surface area contributed by atoms with Crippen LogP contribution in [-0.2, 0) is 20.6 Å². The third-order valence-electron chi connectivity index (χ3n) is 5.17. The fourth-order valence-electron chi connectivity index (χ4n) is 3.38. The SMILES string of the molecule is Cc1ccc(CNC(=O)Nc2cc3c(cc2Oc2ccccc2)n(C)c(=O)n3C)cc1. The van der Waals surface area contributed by atoms with E-state index in [1.54, 1.807) is 30.8 Å². The van der Waals surface area contributed by atoms with E-state index in [1.165, 1.54) is 4.57 Å². The first-order valence-electron chi connectivity index (χ1n) is 9.95. The molecule has 0 spiro atoms. The number of amides is 2. The number of aryl methyl sites for hydroxylation is 3. The monoisotopic (exact) mass is 416 g/mol. The van der Waals surface area contributed by atoms with Gasteiger partial charge in [-0.25, -0.2) is 9.59 Å². The van der Waals surface area contributed by atoms with Gasteiger partial charge in [-0.15, -0.1) is 0 Å². The number of para-hydroxylation sites is 1. The van der Waals surface area contributed by atoms with Gasteiger partial charge >= 0.3 is 11.7 Å². The highest BCUT2D eigenvalue weighted by atomic mass is 16.5. The summed E-state index contributed by atoms with van der Waals surface area (Å²) in [4.78, 5) is 25.0. The molecule has 0 saturated carbocycles. The van der Waals surface area contributed by atoms with Crippen LogP contribution >= 0.6 is 0 Å². The van der Waals surface area contributed by atoms with E-state index in [0.29, 0.717) is 34.8 Å². The summed E-state index contributed by atoms with van der Waals surface area (Å²) in [6, 6.07) is 20.4. The van der Waals surface area contributed by atoms with Crippen molar-refractivity contribution in [2.45, 2.75) is 13.5 Å². The summed E-state index contributed by atoms with van der Waals surface area (Å²) < 4.78 is 9.12. The lowest BCUT2D eigenvalue weighted by Crippen LogP contribution is -2.28. The van der Waals surface area contributed by atoms with Crippen molar-refractivity contribution in [2.75, 3.05) is 5.32 Å². The Balaban J connectivity index is 1.63. The van der Waals surface area contributed by atoms with Gasteiger partial charge in [0.1, 0.15) is 5.75 Å². The molecule has 0 aliphatic carbocycles. The standard InChI is InChI=1S/C24H24N4O3/c1-16-9-11-17(12-10-16)15-25-23(29)26-19-13-20-21(28(3)24(30)27(20)2)14-22(19)31-18-7-5-4-6-8-18/h4-14H,15H2,1-3H3,(H2,25,26,29). The number of imidazole rings is 1. The Morgan fingerprint density at radius 2 is 1.58 bits per heavy atom. The number of aromatic nitrogens is 2. The molecule has 0 radical (unpaired) electrons. The van der Waals surface area contributed by atoms with Crippen LogP contribution in [0.2, 0.25) is 0 Å². The lowest BCUT2D eigenvalue weighted by Gasteiger charge is -2.14. The van der Waals surface area contributed by atoms with Gasteiger partial charge in [-0.05, 0) is 30.7 Å². The maximum Gasteiger partial charge on any atom is 0.328 e. The number of nitrogens with one attached hydrogen (secondary N) is 2. The molecule has 0 unspecified atom stereocenters. The van der Waals surface area contributed by atoms with Crippen LogP contribution in [0.15, 0.2) is 71.5 Å². The average Bonchev–Trinajstić information content (AvgIpc) is 2.98. The van der Waals surface area contributed by atoms with Crippen LogP contribution in [0.1, 0.15) is 11.1 Å². The molecule has 3 aromatic carbocycles. The Morgan fingerprint density at radius 1 is 0.935 bits per heavy atom. The normalized spacial score (nSPS) is 10.8. The van der Waals surface area contributed by atoms with E-state index in [2.05, 4.69) is 10.6 Å². The number of urea groups is 1. The number of carbonyl (C=O) groups excluding carboxylic acids is 1. The number of ether oxygens (including phenoxy) is 1. The van der Waals surface area contributed by atoms with E-state index in [1.807, 2.05) is 61.5 Å². The number of anilines is 1. The van der Waals surface area contributed by atoms with Crippen molar-refractivity contribution in [1.82, 2.24) is 14.5 Å². The number of hydrogen-bond donors (Lipinski definition) is 2. The summed E-state index contributed by atoms with van der Waals surface area (Å²) >= 11 is 0. The van der Waals surface area contributed by atoms with Gasteiger partial charge in [0.2, 0.25) is 0 Å². The first kappa shape index (κ1) is 20.3. The predicted octanol–water partition coefficient (Wildman–Crippen LogP) is 4.30. The van der Waals surface area contributed by atoms with Gasteiger partial charge in [-0.1, -0.05) is 48.0 Å². The second-order valence-corrected chi connectivity index (χ2v) is 7.45. The number of benzene rings is 3. The van der Waals surface area contributed by atoms with Crippen molar-refractivity contribution in [3.05, 3.63) is 88.3 Å². The molecule has 7 heteroatoms. The van der Waals surface area contributed by atoms with Crippen LogP contribution in [0, 0.1) is 6.92 Å². The van der Waals surface area contributed by atoms with Crippen molar-refractivity contribution in [3.63, 3.8) is 0 Å². The van der Waals surface area contributed by atoms with Crippen LogP contribution in [-0.4, -0.2) is 15.2 Å². The lowest BCUT2D eigenvalue weighted by atomic mass is 10.1. The molecule has 7 nitrogen and oxygen atoms in total. The minimum Gasteiger partial charge on any atom is -0.455 e. The smallest absolute Gasteiger partial charge is 0.328 e. The van der Waals surface area contributed by atoms with Gasteiger partial charge in [0, 0.05) is 26.7 Å². The third kappa shape index (κ3) is 4.30. The van der Waals surface area contributed by atoms with Crippen molar-refractivity contribution in [1.29, 1.82) is 0 Å². The van der Waals surface area contributed by atoms with Crippen molar-refractivity contribution >= 4 is 22.8 Å². The summed E-state index contributed by atoms with van der Waals surface area (Å²) in [5.41, 5.74) is 3.89. The van der Waals surface area contributed by atoms with Crippen LogP contribution in [0.4, 0.5) is 10.5 Å². The van der Waals surface area contributed by atoms with E-state index >= 15 is 0 Å². The maximum absolute atomic E-state index is 12.6. The second-order valence-electron chi connectivity index (χ2n) is 7.45. The van der Waals surface area contributed by atoms with Crippen LogP contribution in [0.25, 0.3) is 11.0 Å². The fraction of sp³-hybridized carbons (Fsp3) is 0.167. The molecular weight excluding hydrogens is 392 g/mol. The van der Waals surface area contributed by atoms with Gasteiger partial charge in [0.05, 0.1) is 16.7 Å². The first-order chi connectivity index (χ1) is 14.9. The van der Waals surface area contributed by atoms with Gasteiger partial charge < -0.3 is 15.4 Å². The Labute approximate surface area is 179 Å². The van der Waals surface area contributed by atoms with Crippen molar-refractivity contribution in [3.8, 4) is 11.5 Å². The molecule has 4 aromatic rings. The number of carbonyl (C=O) groups is 1. The van der Waals surface area contributed by atoms with Crippen LogP contribution in [0.3, 0.4) is 0 Å². The summed E-state index contributed by atoms with van der Waals surface area (Å²) in [5, 5.41) is 5.72. The Hall–Kier alpha value is -4.00. The molecule has 0 fully saturated rings.